The third-order valence-electron chi connectivity index (χ3n) is 4.84. The van der Waals surface area contributed by atoms with E-state index in [0.717, 1.165) is 9.87 Å². The van der Waals surface area contributed by atoms with Gasteiger partial charge in [-0.05, 0) is 43.7 Å². The average molecular weight is 486 g/mol. The van der Waals surface area contributed by atoms with E-state index in [1.165, 1.54) is 31.1 Å². The summed E-state index contributed by atoms with van der Waals surface area (Å²) in [7, 11) is -1.08. The van der Waals surface area contributed by atoms with Crippen molar-refractivity contribution in [1.82, 2.24) is 14.5 Å². The summed E-state index contributed by atoms with van der Waals surface area (Å²) in [6, 6.07) is 10.4. The van der Waals surface area contributed by atoms with Gasteiger partial charge in [-0.3, -0.25) is 9.59 Å². The van der Waals surface area contributed by atoms with Crippen LogP contribution in [0.15, 0.2) is 47.4 Å². The number of nitrogens with zero attached hydrogens (tertiary/aromatic N) is 2. The summed E-state index contributed by atoms with van der Waals surface area (Å²) in [5.74, 6) is -0.905. The van der Waals surface area contributed by atoms with E-state index >= 15 is 0 Å². The maximum Gasteiger partial charge on any atom is 0.243 e. The van der Waals surface area contributed by atoms with Crippen molar-refractivity contribution in [3.05, 3.63) is 63.6 Å². The number of amides is 2. The van der Waals surface area contributed by atoms with Crippen molar-refractivity contribution in [2.24, 2.45) is 0 Å². The Morgan fingerprint density at radius 1 is 1.06 bits per heavy atom. The Morgan fingerprint density at radius 2 is 1.68 bits per heavy atom. The second-order valence-electron chi connectivity index (χ2n) is 7.13. The van der Waals surface area contributed by atoms with Crippen molar-refractivity contribution in [2.45, 2.75) is 31.3 Å². The van der Waals surface area contributed by atoms with Crippen LogP contribution in [-0.2, 0) is 26.2 Å². The van der Waals surface area contributed by atoms with E-state index in [1.807, 2.05) is 6.92 Å². The molecule has 2 rings (SSSR count). The minimum Gasteiger partial charge on any atom is -0.357 e. The lowest BCUT2D eigenvalue weighted by molar-refractivity contribution is -0.140. The van der Waals surface area contributed by atoms with Crippen LogP contribution in [-0.4, -0.2) is 56.1 Å². The summed E-state index contributed by atoms with van der Waals surface area (Å²) in [5, 5.41) is 3.19. The largest absolute Gasteiger partial charge is 0.357 e. The molecule has 0 aromatic heterocycles. The number of hydrogen-bond acceptors (Lipinski definition) is 4. The number of likely N-dealkylation sites (N-methyl/N-ethyl adjacent to an activating group) is 2. The van der Waals surface area contributed by atoms with Gasteiger partial charge in [0.1, 0.15) is 6.04 Å². The molecule has 2 amide bonds. The number of sulfonamides is 1. The lowest BCUT2D eigenvalue weighted by Crippen LogP contribution is -2.50. The second-order valence-corrected chi connectivity index (χ2v) is 9.99. The minimum absolute atomic E-state index is 0.0583. The summed E-state index contributed by atoms with van der Waals surface area (Å²) in [4.78, 5) is 26.7. The lowest BCUT2D eigenvalue weighted by atomic mass is 10.1. The first-order valence-electron chi connectivity index (χ1n) is 9.45. The van der Waals surface area contributed by atoms with Crippen molar-refractivity contribution in [2.75, 3.05) is 20.6 Å². The van der Waals surface area contributed by atoms with Gasteiger partial charge in [-0.25, -0.2) is 8.42 Å². The molecule has 0 aliphatic heterocycles. The van der Waals surface area contributed by atoms with E-state index in [-0.39, 0.29) is 17.3 Å². The number of nitrogens with one attached hydrogen (secondary N) is 1. The molecule has 0 saturated heterocycles. The zero-order valence-corrected chi connectivity index (χ0v) is 20.1. The van der Waals surface area contributed by atoms with Crippen molar-refractivity contribution >= 4 is 45.0 Å². The van der Waals surface area contributed by atoms with Crippen molar-refractivity contribution in [1.29, 1.82) is 0 Å². The number of aryl methyl sites for hydroxylation is 1. The Kier molecular flexibility index (Phi) is 8.48. The standard InChI is InChI=1S/C21H25Cl2N3O4S/c1-14-5-8-17(9-6-14)31(29,30)25(4)13-20(27)26(15(2)21(28)24-3)12-16-7-10-18(22)19(23)11-16/h5-11,15H,12-13H2,1-4H3,(H,24,28). The van der Waals surface area contributed by atoms with Crippen LogP contribution in [0.1, 0.15) is 18.1 Å². The molecule has 2 aromatic carbocycles. The molecule has 0 aliphatic carbocycles. The summed E-state index contributed by atoms with van der Waals surface area (Å²) in [5.41, 5.74) is 1.58. The highest BCUT2D eigenvalue weighted by Gasteiger charge is 2.30. The number of rotatable bonds is 8. The molecular weight excluding hydrogens is 461 g/mol. The Balaban J connectivity index is 2.28. The summed E-state index contributed by atoms with van der Waals surface area (Å²) < 4.78 is 26.7. The summed E-state index contributed by atoms with van der Waals surface area (Å²) >= 11 is 12.0. The molecule has 1 atom stereocenters. The average Bonchev–Trinajstić information content (AvgIpc) is 2.73. The highest BCUT2D eigenvalue weighted by Crippen LogP contribution is 2.24. The number of hydrogen-bond donors (Lipinski definition) is 1. The molecule has 10 heteroatoms. The fraction of sp³-hybridized carbons (Fsp3) is 0.333. The van der Waals surface area contributed by atoms with Gasteiger partial charge in [0.15, 0.2) is 0 Å². The Bertz CT molecular complexity index is 1060. The van der Waals surface area contributed by atoms with Gasteiger partial charge in [-0.2, -0.15) is 4.31 Å². The molecule has 0 heterocycles. The molecule has 1 unspecified atom stereocenters. The van der Waals surface area contributed by atoms with Gasteiger partial charge in [0.2, 0.25) is 21.8 Å². The van der Waals surface area contributed by atoms with Gasteiger partial charge in [0.05, 0.1) is 21.5 Å². The fourth-order valence-electron chi connectivity index (χ4n) is 2.88. The molecule has 0 radical (unpaired) electrons. The van der Waals surface area contributed by atoms with E-state index in [2.05, 4.69) is 5.32 Å². The van der Waals surface area contributed by atoms with E-state index in [0.29, 0.717) is 15.6 Å². The Hall–Kier alpha value is -2.13. The fourth-order valence-corrected chi connectivity index (χ4v) is 4.32. The molecule has 31 heavy (non-hydrogen) atoms. The maximum absolute atomic E-state index is 13.1. The van der Waals surface area contributed by atoms with Crippen LogP contribution in [0, 0.1) is 6.92 Å². The van der Waals surface area contributed by atoms with Gasteiger partial charge < -0.3 is 10.2 Å². The first-order chi connectivity index (χ1) is 14.5. The van der Waals surface area contributed by atoms with Gasteiger partial charge >= 0.3 is 0 Å². The molecule has 0 bridgehead atoms. The molecule has 168 valence electrons. The summed E-state index contributed by atoms with van der Waals surface area (Å²) in [6.07, 6.45) is 0. The molecule has 1 N–H and O–H groups in total. The number of carbonyl (C=O) groups is 2. The second kappa shape index (κ2) is 10.5. The van der Waals surface area contributed by atoms with Gasteiger partial charge in [0.25, 0.3) is 0 Å². The minimum atomic E-state index is -3.87. The zero-order chi connectivity index (χ0) is 23.3. The monoisotopic (exact) mass is 485 g/mol. The Labute approximate surface area is 193 Å². The van der Waals surface area contributed by atoms with E-state index < -0.39 is 28.5 Å². The zero-order valence-electron chi connectivity index (χ0n) is 17.7. The molecular formula is C21H25Cl2N3O4S. The third-order valence-corrected chi connectivity index (χ3v) is 7.39. The van der Waals surface area contributed by atoms with Crippen molar-refractivity contribution in [3.8, 4) is 0 Å². The lowest BCUT2D eigenvalue weighted by Gasteiger charge is -2.30. The number of carbonyl (C=O) groups excluding carboxylic acids is 2. The highest BCUT2D eigenvalue weighted by molar-refractivity contribution is 7.89. The number of halogens is 2. The molecule has 0 fully saturated rings. The first kappa shape index (κ1) is 25.1. The number of benzene rings is 2. The van der Waals surface area contributed by atoms with Crippen LogP contribution in [0.5, 0.6) is 0 Å². The third kappa shape index (κ3) is 6.20. The molecule has 0 saturated carbocycles. The molecule has 0 spiro atoms. The topological polar surface area (TPSA) is 86.8 Å². The quantitative estimate of drug-likeness (QED) is 0.622. The molecule has 2 aromatic rings. The van der Waals surface area contributed by atoms with Crippen molar-refractivity contribution in [3.63, 3.8) is 0 Å². The van der Waals surface area contributed by atoms with E-state index in [9.17, 15) is 18.0 Å². The highest BCUT2D eigenvalue weighted by atomic mass is 35.5. The predicted molar refractivity (Wildman–Crippen MR) is 122 cm³/mol. The van der Waals surface area contributed by atoms with Crippen LogP contribution < -0.4 is 5.32 Å². The van der Waals surface area contributed by atoms with Crippen LogP contribution in [0.25, 0.3) is 0 Å². The Morgan fingerprint density at radius 3 is 2.23 bits per heavy atom. The summed E-state index contributed by atoms with van der Waals surface area (Å²) in [6.45, 7) is 3.05. The molecule has 7 nitrogen and oxygen atoms in total. The van der Waals surface area contributed by atoms with E-state index in [4.69, 9.17) is 23.2 Å². The van der Waals surface area contributed by atoms with E-state index in [1.54, 1.807) is 37.3 Å². The normalized spacial score (nSPS) is 12.5. The molecule has 0 aliphatic rings. The van der Waals surface area contributed by atoms with Crippen molar-refractivity contribution < 1.29 is 18.0 Å². The first-order valence-corrected chi connectivity index (χ1v) is 11.6. The SMILES string of the molecule is CNC(=O)C(C)N(Cc1ccc(Cl)c(Cl)c1)C(=O)CN(C)S(=O)(=O)c1ccc(C)cc1. The van der Waals surface area contributed by atoms with Gasteiger partial charge in [-0.15, -0.1) is 0 Å². The van der Waals surface area contributed by atoms with Gasteiger partial charge in [-0.1, -0.05) is 47.0 Å². The maximum atomic E-state index is 13.1. The van der Waals surface area contributed by atoms with Gasteiger partial charge in [0, 0.05) is 20.6 Å². The smallest absolute Gasteiger partial charge is 0.243 e. The van der Waals surface area contributed by atoms with Crippen LogP contribution in [0.2, 0.25) is 10.0 Å². The predicted octanol–water partition coefficient (Wildman–Crippen LogP) is 3.09. The van der Waals surface area contributed by atoms with Crippen LogP contribution in [0.4, 0.5) is 0 Å². The van der Waals surface area contributed by atoms with Crippen LogP contribution in [0.3, 0.4) is 0 Å². The van der Waals surface area contributed by atoms with Crippen LogP contribution >= 0.6 is 23.2 Å².